The van der Waals surface area contributed by atoms with Gasteiger partial charge in [-0.1, -0.05) is 26.2 Å². The van der Waals surface area contributed by atoms with Crippen LogP contribution in [0.25, 0.3) is 0 Å². The molecule has 2 rings (SSSR count). The second-order valence-electron chi connectivity index (χ2n) is 8.88. The predicted octanol–water partition coefficient (Wildman–Crippen LogP) is 1.18. The topological polar surface area (TPSA) is 89.1 Å². The molecule has 0 radical (unpaired) electrons. The number of likely N-dealkylation sites (tertiary alicyclic amines) is 1. The predicted molar refractivity (Wildman–Crippen MR) is 121 cm³/mol. The smallest absolute Gasteiger partial charge is 0.243 e. The van der Waals surface area contributed by atoms with Crippen LogP contribution in [0.5, 0.6) is 0 Å². The number of carbonyl (C=O) groups excluding carboxylic acids is 2. The molecule has 0 unspecified atom stereocenters. The van der Waals surface area contributed by atoms with E-state index in [1.54, 1.807) is 19.0 Å². The van der Waals surface area contributed by atoms with Gasteiger partial charge < -0.3 is 20.9 Å². The summed E-state index contributed by atoms with van der Waals surface area (Å²) in [7, 11) is 3.51. The van der Waals surface area contributed by atoms with E-state index in [1.165, 1.54) is 32.1 Å². The summed E-state index contributed by atoms with van der Waals surface area (Å²) in [6, 6.07) is 0.312. The second-order valence-corrected chi connectivity index (χ2v) is 8.88. The highest BCUT2D eigenvalue weighted by Gasteiger charge is 2.22. The molecule has 2 aliphatic rings. The summed E-state index contributed by atoms with van der Waals surface area (Å²) in [5.74, 6) is 1.55. The molecule has 0 atom stereocenters. The molecule has 1 aliphatic heterocycles. The van der Waals surface area contributed by atoms with E-state index in [1.807, 2.05) is 0 Å². The SMILES string of the molecule is CCCNC(=O)CN1CCC(NC(=NCC(=O)N(C)C)NCC2CCCCC2)CC1. The van der Waals surface area contributed by atoms with Gasteiger partial charge in [0.1, 0.15) is 6.54 Å². The number of carbonyl (C=O) groups is 2. The Labute approximate surface area is 182 Å². The van der Waals surface area contributed by atoms with Gasteiger partial charge in [-0.15, -0.1) is 0 Å². The molecule has 0 bridgehead atoms. The highest BCUT2D eigenvalue weighted by molar-refractivity contribution is 5.85. The Morgan fingerprint density at radius 3 is 2.37 bits per heavy atom. The third-order valence-corrected chi connectivity index (χ3v) is 6.02. The summed E-state index contributed by atoms with van der Waals surface area (Å²) < 4.78 is 0. The molecular weight excluding hydrogens is 380 g/mol. The van der Waals surface area contributed by atoms with Gasteiger partial charge in [0.25, 0.3) is 0 Å². The van der Waals surface area contributed by atoms with Crippen molar-refractivity contribution in [2.24, 2.45) is 10.9 Å². The highest BCUT2D eigenvalue weighted by atomic mass is 16.2. The maximum Gasteiger partial charge on any atom is 0.243 e. The summed E-state index contributed by atoms with van der Waals surface area (Å²) in [6.45, 7) is 6.14. The van der Waals surface area contributed by atoms with Crippen molar-refractivity contribution in [2.45, 2.75) is 64.3 Å². The van der Waals surface area contributed by atoms with E-state index in [0.29, 0.717) is 18.5 Å². The molecule has 2 fully saturated rings. The maximum absolute atomic E-state index is 12.0. The number of hydrogen-bond acceptors (Lipinski definition) is 4. The molecule has 3 N–H and O–H groups in total. The lowest BCUT2D eigenvalue weighted by molar-refractivity contribution is -0.127. The first-order valence-electron chi connectivity index (χ1n) is 11.7. The van der Waals surface area contributed by atoms with Crippen molar-refractivity contribution >= 4 is 17.8 Å². The second kappa shape index (κ2) is 13.5. The molecule has 8 heteroatoms. The van der Waals surface area contributed by atoms with Crippen molar-refractivity contribution in [2.75, 3.05) is 53.4 Å². The van der Waals surface area contributed by atoms with E-state index in [2.05, 4.69) is 32.8 Å². The minimum Gasteiger partial charge on any atom is -0.356 e. The Kier molecular flexibility index (Phi) is 11.0. The van der Waals surface area contributed by atoms with Crippen LogP contribution in [0.2, 0.25) is 0 Å². The van der Waals surface area contributed by atoms with Crippen LogP contribution in [-0.2, 0) is 9.59 Å². The number of piperidine rings is 1. The number of nitrogens with zero attached hydrogens (tertiary/aromatic N) is 3. The summed E-state index contributed by atoms with van der Waals surface area (Å²) in [5, 5.41) is 9.97. The zero-order valence-corrected chi connectivity index (χ0v) is 19.2. The van der Waals surface area contributed by atoms with Gasteiger partial charge in [0.05, 0.1) is 6.54 Å². The number of aliphatic imine (C=N–C) groups is 1. The van der Waals surface area contributed by atoms with Gasteiger partial charge in [-0.25, -0.2) is 4.99 Å². The molecule has 172 valence electrons. The fourth-order valence-corrected chi connectivity index (χ4v) is 4.03. The van der Waals surface area contributed by atoms with E-state index in [4.69, 9.17) is 0 Å². The van der Waals surface area contributed by atoms with Gasteiger partial charge in [-0.3, -0.25) is 14.5 Å². The third-order valence-electron chi connectivity index (χ3n) is 6.02. The highest BCUT2D eigenvalue weighted by Crippen LogP contribution is 2.22. The average molecular weight is 423 g/mol. The normalized spacial score (nSPS) is 19.4. The standard InChI is InChI=1S/C22H42N6O2/c1-4-12-23-20(29)17-28-13-10-19(11-14-28)26-22(25-16-21(30)27(2)3)24-15-18-8-6-5-7-9-18/h18-19H,4-17H2,1-3H3,(H,23,29)(H2,24,25,26). The molecule has 0 aromatic rings. The quantitative estimate of drug-likeness (QED) is 0.384. The Balaban J connectivity index is 1.81. The first-order chi connectivity index (χ1) is 14.5. The lowest BCUT2D eigenvalue weighted by Gasteiger charge is -2.33. The summed E-state index contributed by atoms with van der Waals surface area (Å²) in [4.78, 5) is 32.3. The first kappa shape index (κ1) is 24.4. The van der Waals surface area contributed by atoms with Crippen molar-refractivity contribution < 1.29 is 9.59 Å². The average Bonchev–Trinajstić information content (AvgIpc) is 2.75. The molecule has 2 amide bonds. The zero-order chi connectivity index (χ0) is 21.8. The number of rotatable bonds is 9. The number of likely N-dealkylation sites (N-methyl/N-ethyl adjacent to an activating group) is 1. The lowest BCUT2D eigenvalue weighted by Crippen LogP contribution is -2.51. The zero-order valence-electron chi connectivity index (χ0n) is 19.2. The first-order valence-corrected chi connectivity index (χ1v) is 11.7. The molecule has 0 aromatic carbocycles. The Bertz CT molecular complexity index is 552. The molecule has 1 heterocycles. The molecule has 0 spiro atoms. The summed E-state index contributed by atoms with van der Waals surface area (Å²) in [6.07, 6.45) is 9.42. The molecule has 0 aromatic heterocycles. The van der Waals surface area contributed by atoms with Crippen LogP contribution in [0.4, 0.5) is 0 Å². The van der Waals surface area contributed by atoms with E-state index in [9.17, 15) is 9.59 Å². The van der Waals surface area contributed by atoms with Crippen LogP contribution in [0.1, 0.15) is 58.3 Å². The maximum atomic E-state index is 12.0. The van der Waals surface area contributed by atoms with E-state index < -0.39 is 0 Å². The number of guanidine groups is 1. The van der Waals surface area contributed by atoms with Gasteiger partial charge in [0, 0.05) is 46.3 Å². The van der Waals surface area contributed by atoms with Gasteiger partial charge >= 0.3 is 0 Å². The molecular formula is C22H42N6O2. The van der Waals surface area contributed by atoms with Gasteiger partial charge in [0.15, 0.2) is 5.96 Å². The molecule has 1 saturated heterocycles. The van der Waals surface area contributed by atoms with Crippen LogP contribution < -0.4 is 16.0 Å². The van der Waals surface area contributed by atoms with Crippen molar-refractivity contribution in [1.82, 2.24) is 25.8 Å². The minimum absolute atomic E-state index is 0.00155. The van der Waals surface area contributed by atoms with Crippen molar-refractivity contribution in [3.05, 3.63) is 0 Å². The summed E-state index contributed by atoms with van der Waals surface area (Å²) in [5.41, 5.74) is 0. The van der Waals surface area contributed by atoms with E-state index >= 15 is 0 Å². The fourth-order valence-electron chi connectivity index (χ4n) is 4.03. The summed E-state index contributed by atoms with van der Waals surface area (Å²) >= 11 is 0. The Hall–Kier alpha value is -1.83. The van der Waals surface area contributed by atoms with E-state index in [0.717, 1.165) is 51.4 Å². The molecule has 8 nitrogen and oxygen atoms in total. The van der Waals surface area contributed by atoms with Crippen LogP contribution in [0, 0.1) is 5.92 Å². The number of amides is 2. The van der Waals surface area contributed by atoms with E-state index in [-0.39, 0.29) is 18.4 Å². The molecule has 30 heavy (non-hydrogen) atoms. The van der Waals surface area contributed by atoms with Gasteiger partial charge in [-0.05, 0) is 38.0 Å². The van der Waals surface area contributed by atoms with Crippen molar-refractivity contribution in [3.63, 3.8) is 0 Å². The van der Waals surface area contributed by atoms with Crippen molar-refractivity contribution in [3.8, 4) is 0 Å². The molecule has 1 saturated carbocycles. The monoisotopic (exact) mass is 422 g/mol. The van der Waals surface area contributed by atoms with Gasteiger partial charge in [-0.2, -0.15) is 0 Å². The van der Waals surface area contributed by atoms with Crippen molar-refractivity contribution in [1.29, 1.82) is 0 Å². The third kappa shape index (κ3) is 9.32. The molecule has 1 aliphatic carbocycles. The Morgan fingerprint density at radius 2 is 1.73 bits per heavy atom. The largest absolute Gasteiger partial charge is 0.356 e. The van der Waals surface area contributed by atoms with Gasteiger partial charge in [0.2, 0.25) is 11.8 Å². The number of nitrogens with one attached hydrogen (secondary N) is 3. The van der Waals surface area contributed by atoms with Crippen LogP contribution >= 0.6 is 0 Å². The minimum atomic E-state index is 0.00155. The lowest BCUT2D eigenvalue weighted by atomic mass is 9.89. The fraction of sp³-hybridized carbons (Fsp3) is 0.864. The Morgan fingerprint density at radius 1 is 1.03 bits per heavy atom. The van der Waals surface area contributed by atoms with Crippen LogP contribution in [0.15, 0.2) is 4.99 Å². The van der Waals surface area contributed by atoms with Crippen LogP contribution in [0.3, 0.4) is 0 Å². The van der Waals surface area contributed by atoms with Crippen LogP contribution in [-0.4, -0.2) is 87.0 Å². The number of hydrogen-bond donors (Lipinski definition) is 3.